The molecule has 0 atom stereocenters. The molecule has 0 unspecified atom stereocenters. The summed E-state index contributed by atoms with van der Waals surface area (Å²) in [4.78, 5) is 11.3. The Morgan fingerprint density at radius 3 is 2.56 bits per heavy atom. The third-order valence-corrected chi connectivity index (χ3v) is 2.09. The van der Waals surface area contributed by atoms with Crippen LogP contribution in [0.4, 0.5) is 8.78 Å². The number of allylic oxidation sites excluding steroid dienone is 2. The summed E-state index contributed by atoms with van der Waals surface area (Å²) in [6, 6.07) is 3.38. The van der Waals surface area contributed by atoms with Crippen molar-refractivity contribution in [2.24, 2.45) is 0 Å². The van der Waals surface area contributed by atoms with Gasteiger partial charge < -0.3 is 4.74 Å². The van der Waals surface area contributed by atoms with Gasteiger partial charge in [0.25, 0.3) is 0 Å². The number of ketones is 1. The van der Waals surface area contributed by atoms with Gasteiger partial charge in [0.2, 0.25) is 5.78 Å². The summed E-state index contributed by atoms with van der Waals surface area (Å²) in [7, 11) is 0. The van der Waals surface area contributed by atoms with Crippen molar-refractivity contribution in [1.29, 1.82) is 0 Å². The van der Waals surface area contributed by atoms with Gasteiger partial charge in [0, 0.05) is 6.08 Å². The van der Waals surface area contributed by atoms with E-state index in [1.165, 1.54) is 18.2 Å². The lowest BCUT2D eigenvalue weighted by Gasteiger charge is -2.00. The fraction of sp³-hybridized carbons (Fsp3) is 0.0833. The van der Waals surface area contributed by atoms with E-state index in [4.69, 9.17) is 4.74 Å². The van der Waals surface area contributed by atoms with E-state index in [0.29, 0.717) is 11.3 Å². The van der Waals surface area contributed by atoms with Crippen molar-refractivity contribution in [1.82, 2.24) is 0 Å². The molecular weight excluding hydrogens is 214 g/mol. The predicted molar refractivity (Wildman–Crippen MR) is 54.2 cm³/mol. The summed E-state index contributed by atoms with van der Waals surface area (Å²) in [5.41, 5.74) is 0.380. The zero-order valence-corrected chi connectivity index (χ0v) is 8.46. The highest BCUT2D eigenvalue weighted by molar-refractivity contribution is 6.07. The van der Waals surface area contributed by atoms with E-state index < -0.39 is 11.6 Å². The van der Waals surface area contributed by atoms with Crippen molar-refractivity contribution < 1.29 is 18.3 Å². The molecule has 2 nitrogen and oxygen atoms in total. The summed E-state index contributed by atoms with van der Waals surface area (Å²) in [6.07, 6.45) is 2.71. The van der Waals surface area contributed by atoms with Gasteiger partial charge in [-0.15, -0.1) is 0 Å². The van der Waals surface area contributed by atoms with Crippen LogP contribution in [0.3, 0.4) is 0 Å². The molecule has 0 saturated carbocycles. The van der Waals surface area contributed by atoms with E-state index in [-0.39, 0.29) is 11.5 Å². The molecule has 0 fully saturated rings. The maximum atomic E-state index is 12.9. The second-order valence-electron chi connectivity index (χ2n) is 3.40. The molecule has 1 aliphatic rings. The molecule has 82 valence electrons. The van der Waals surface area contributed by atoms with Crippen molar-refractivity contribution in [3.05, 3.63) is 53.0 Å². The number of carbonyl (C=O) groups excluding carboxylic acids is 1. The molecule has 1 aromatic rings. The molecule has 0 bridgehead atoms. The topological polar surface area (TPSA) is 26.3 Å². The van der Waals surface area contributed by atoms with Crippen LogP contribution in [0.25, 0.3) is 6.08 Å². The maximum absolute atomic E-state index is 12.9. The Labute approximate surface area is 90.8 Å². The van der Waals surface area contributed by atoms with Crippen molar-refractivity contribution in [3.8, 4) is 0 Å². The Morgan fingerprint density at radius 1 is 1.25 bits per heavy atom. The quantitative estimate of drug-likeness (QED) is 0.683. The maximum Gasteiger partial charge on any atom is 0.224 e. The largest absolute Gasteiger partial charge is 0.458 e. The zero-order valence-electron chi connectivity index (χ0n) is 8.46. The molecule has 1 heterocycles. The van der Waals surface area contributed by atoms with Crippen LogP contribution in [0.15, 0.2) is 35.8 Å². The molecule has 1 aromatic carbocycles. The van der Waals surface area contributed by atoms with Gasteiger partial charge in [-0.25, -0.2) is 8.78 Å². The summed E-state index contributed by atoms with van der Waals surface area (Å²) in [5.74, 6) is -1.55. The minimum Gasteiger partial charge on any atom is -0.458 e. The molecule has 16 heavy (non-hydrogen) atoms. The highest BCUT2D eigenvalue weighted by Gasteiger charge is 2.17. The molecule has 2 rings (SSSR count). The minimum atomic E-state index is -0.954. The van der Waals surface area contributed by atoms with Gasteiger partial charge in [0.05, 0.1) is 0 Å². The van der Waals surface area contributed by atoms with E-state index in [1.54, 1.807) is 6.92 Å². The first-order chi connectivity index (χ1) is 7.56. The molecule has 0 N–H and O–H groups in total. The lowest BCUT2D eigenvalue weighted by atomic mass is 10.1. The van der Waals surface area contributed by atoms with Crippen LogP contribution < -0.4 is 0 Å². The Morgan fingerprint density at radius 2 is 2.00 bits per heavy atom. The lowest BCUT2D eigenvalue weighted by Crippen LogP contribution is -1.93. The van der Waals surface area contributed by atoms with Crippen LogP contribution in [0.2, 0.25) is 0 Å². The average Bonchev–Trinajstić information content (AvgIpc) is 2.51. The molecule has 0 spiro atoms. The summed E-state index contributed by atoms with van der Waals surface area (Å²) < 4.78 is 30.6. The Hall–Kier alpha value is -1.97. The van der Waals surface area contributed by atoms with Gasteiger partial charge >= 0.3 is 0 Å². The van der Waals surface area contributed by atoms with Crippen LogP contribution in [0.5, 0.6) is 0 Å². The summed E-state index contributed by atoms with van der Waals surface area (Å²) in [5, 5.41) is 0. The first kappa shape index (κ1) is 10.5. The van der Waals surface area contributed by atoms with Crippen LogP contribution in [-0.4, -0.2) is 5.78 Å². The van der Waals surface area contributed by atoms with Crippen molar-refractivity contribution >= 4 is 11.9 Å². The SMILES string of the molecule is CC1=CC(=O)/C(=C/c2ccc(F)c(F)c2)O1. The van der Waals surface area contributed by atoms with E-state index in [9.17, 15) is 13.6 Å². The molecule has 0 radical (unpaired) electrons. The Kier molecular flexibility index (Phi) is 2.56. The second kappa shape index (κ2) is 3.89. The van der Waals surface area contributed by atoms with Gasteiger partial charge in [-0.05, 0) is 30.7 Å². The smallest absolute Gasteiger partial charge is 0.224 e. The van der Waals surface area contributed by atoms with E-state index in [1.807, 2.05) is 0 Å². The normalized spacial score (nSPS) is 17.6. The average molecular weight is 222 g/mol. The molecule has 4 heteroatoms. The molecule has 0 aromatic heterocycles. The number of carbonyl (C=O) groups is 1. The van der Waals surface area contributed by atoms with Crippen molar-refractivity contribution in [2.45, 2.75) is 6.92 Å². The fourth-order valence-corrected chi connectivity index (χ4v) is 1.36. The Bertz CT molecular complexity index is 516. The number of halogens is 2. The second-order valence-corrected chi connectivity index (χ2v) is 3.40. The van der Waals surface area contributed by atoms with E-state index in [0.717, 1.165) is 12.1 Å². The van der Waals surface area contributed by atoms with Crippen LogP contribution in [0.1, 0.15) is 12.5 Å². The lowest BCUT2D eigenvalue weighted by molar-refractivity contribution is -0.112. The van der Waals surface area contributed by atoms with Gasteiger partial charge in [0.1, 0.15) is 5.76 Å². The molecule has 0 aliphatic carbocycles. The molecule has 1 aliphatic heterocycles. The van der Waals surface area contributed by atoms with Crippen LogP contribution in [-0.2, 0) is 9.53 Å². The third kappa shape index (κ3) is 2.00. The highest BCUT2D eigenvalue weighted by atomic mass is 19.2. The summed E-state index contributed by atoms with van der Waals surface area (Å²) >= 11 is 0. The number of ether oxygens (including phenoxy) is 1. The van der Waals surface area contributed by atoms with Gasteiger partial charge in [-0.3, -0.25) is 4.79 Å². The first-order valence-electron chi connectivity index (χ1n) is 4.63. The number of hydrogen-bond donors (Lipinski definition) is 0. The number of benzene rings is 1. The van der Waals surface area contributed by atoms with Crippen molar-refractivity contribution in [3.63, 3.8) is 0 Å². The van der Waals surface area contributed by atoms with E-state index in [2.05, 4.69) is 0 Å². The fourth-order valence-electron chi connectivity index (χ4n) is 1.36. The minimum absolute atomic E-state index is 0.114. The molecular formula is C12H8F2O2. The van der Waals surface area contributed by atoms with Gasteiger partial charge in [-0.2, -0.15) is 0 Å². The number of rotatable bonds is 1. The van der Waals surface area contributed by atoms with Crippen molar-refractivity contribution in [2.75, 3.05) is 0 Å². The highest BCUT2D eigenvalue weighted by Crippen LogP contribution is 2.20. The Balaban J connectivity index is 2.31. The van der Waals surface area contributed by atoms with E-state index >= 15 is 0 Å². The molecule has 0 saturated heterocycles. The van der Waals surface area contributed by atoms with Gasteiger partial charge in [0.15, 0.2) is 17.4 Å². The standard InChI is InChI=1S/C12H8F2O2/c1-7-4-11(15)12(16-7)6-8-2-3-9(13)10(14)5-8/h2-6H,1H3/b12-6-. The zero-order chi connectivity index (χ0) is 11.7. The monoisotopic (exact) mass is 222 g/mol. The van der Waals surface area contributed by atoms with Crippen LogP contribution >= 0.6 is 0 Å². The first-order valence-corrected chi connectivity index (χ1v) is 4.63. The predicted octanol–water partition coefficient (Wildman–Crippen LogP) is 2.81. The molecule has 0 amide bonds. The van der Waals surface area contributed by atoms with Crippen LogP contribution in [0, 0.1) is 11.6 Å². The summed E-state index contributed by atoms with van der Waals surface area (Å²) in [6.45, 7) is 1.64. The van der Waals surface area contributed by atoms with Gasteiger partial charge in [-0.1, -0.05) is 6.07 Å². The third-order valence-electron chi connectivity index (χ3n) is 2.09. The number of hydrogen-bond acceptors (Lipinski definition) is 2.